The highest BCUT2D eigenvalue weighted by Crippen LogP contribution is 2.24. The van der Waals surface area contributed by atoms with Crippen molar-refractivity contribution in [2.75, 3.05) is 32.9 Å². The van der Waals surface area contributed by atoms with E-state index in [4.69, 9.17) is 9.47 Å². The number of carbonyl (C=O) groups is 1. The number of nitrogens with zero attached hydrogens (tertiary/aromatic N) is 1. The number of carbonyl (C=O) groups excluding carboxylic acids is 1. The van der Waals surface area contributed by atoms with Crippen LogP contribution < -0.4 is 0 Å². The molecule has 72 valence electrons. The molecule has 0 aliphatic carbocycles. The van der Waals surface area contributed by atoms with E-state index < -0.39 is 0 Å². The summed E-state index contributed by atoms with van der Waals surface area (Å²) in [5.74, 6) is -0.263. The third kappa shape index (κ3) is 1.71. The summed E-state index contributed by atoms with van der Waals surface area (Å²) in [6.07, 6.45) is 0. The van der Waals surface area contributed by atoms with Crippen LogP contribution in [0.5, 0.6) is 0 Å². The summed E-state index contributed by atoms with van der Waals surface area (Å²) in [7, 11) is 0. The minimum absolute atomic E-state index is 0.263. The fourth-order valence-electron chi connectivity index (χ4n) is 1.44. The monoisotopic (exact) mass is 247 g/mol. The second-order valence-electron chi connectivity index (χ2n) is 2.94. The molecule has 0 N–H and O–H groups in total. The van der Waals surface area contributed by atoms with Crippen LogP contribution in [0.2, 0.25) is 0 Å². The van der Waals surface area contributed by atoms with Crippen LogP contribution in [-0.2, 0) is 14.3 Å². The molecular formula is C8H10BrNO3. The quantitative estimate of drug-likeness (QED) is 0.633. The van der Waals surface area contributed by atoms with Gasteiger partial charge >= 0.3 is 5.97 Å². The number of esters is 1. The zero-order valence-electron chi connectivity index (χ0n) is 7.09. The Hall–Kier alpha value is -0.550. The Balaban J connectivity index is 2.11. The average molecular weight is 248 g/mol. The molecular weight excluding hydrogens is 238 g/mol. The van der Waals surface area contributed by atoms with Crippen LogP contribution >= 0.6 is 15.9 Å². The summed E-state index contributed by atoms with van der Waals surface area (Å²) in [5, 5.41) is 0. The summed E-state index contributed by atoms with van der Waals surface area (Å²) in [4.78, 5) is 13.2. The fourth-order valence-corrected chi connectivity index (χ4v) is 1.92. The molecule has 0 bridgehead atoms. The molecule has 0 aromatic heterocycles. The molecule has 1 fully saturated rings. The Labute approximate surface area is 84.6 Å². The normalized spacial score (nSPS) is 23.8. The predicted molar refractivity (Wildman–Crippen MR) is 49.3 cm³/mol. The molecule has 0 spiro atoms. The maximum Gasteiger partial charge on any atom is 0.347 e. The van der Waals surface area contributed by atoms with E-state index >= 15 is 0 Å². The molecule has 5 heteroatoms. The lowest BCUT2D eigenvalue weighted by atomic mass is 10.3. The van der Waals surface area contributed by atoms with E-state index in [-0.39, 0.29) is 5.97 Å². The van der Waals surface area contributed by atoms with Gasteiger partial charge in [-0.3, -0.25) is 0 Å². The highest BCUT2D eigenvalue weighted by molar-refractivity contribution is 9.12. The Bertz CT molecular complexity index is 258. The summed E-state index contributed by atoms with van der Waals surface area (Å²) in [6.45, 7) is 3.50. The summed E-state index contributed by atoms with van der Waals surface area (Å²) < 4.78 is 10.7. The predicted octanol–water partition coefficient (Wildman–Crippen LogP) is 0.482. The number of morpholine rings is 1. The van der Waals surface area contributed by atoms with Crippen molar-refractivity contribution in [1.29, 1.82) is 0 Å². The Morgan fingerprint density at radius 2 is 2.00 bits per heavy atom. The van der Waals surface area contributed by atoms with Crippen molar-refractivity contribution in [2.45, 2.75) is 0 Å². The SMILES string of the molecule is O=C1OCC(N2CCOCC2)=C1Br. The molecule has 0 radical (unpaired) electrons. The third-order valence-electron chi connectivity index (χ3n) is 2.17. The lowest BCUT2D eigenvalue weighted by Gasteiger charge is -2.29. The lowest BCUT2D eigenvalue weighted by Crippen LogP contribution is -2.36. The minimum Gasteiger partial charge on any atom is -0.455 e. The van der Waals surface area contributed by atoms with Gasteiger partial charge in [0.15, 0.2) is 0 Å². The van der Waals surface area contributed by atoms with Gasteiger partial charge in [0, 0.05) is 13.1 Å². The van der Waals surface area contributed by atoms with Crippen molar-refractivity contribution >= 4 is 21.9 Å². The molecule has 2 aliphatic rings. The molecule has 4 nitrogen and oxygen atoms in total. The molecule has 0 saturated carbocycles. The van der Waals surface area contributed by atoms with Gasteiger partial charge in [0.05, 0.1) is 18.9 Å². The third-order valence-corrected chi connectivity index (χ3v) is 2.95. The van der Waals surface area contributed by atoms with Crippen molar-refractivity contribution < 1.29 is 14.3 Å². The zero-order chi connectivity index (χ0) is 9.26. The molecule has 0 unspecified atom stereocenters. The molecule has 0 aromatic carbocycles. The summed E-state index contributed by atoms with van der Waals surface area (Å²) >= 11 is 3.23. The number of ether oxygens (including phenoxy) is 2. The van der Waals surface area contributed by atoms with Crippen molar-refractivity contribution in [2.24, 2.45) is 0 Å². The number of cyclic esters (lactones) is 1. The van der Waals surface area contributed by atoms with E-state index in [1.54, 1.807) is 0 Å². The van der Waals surface area contributed by atoms with Gasteiger partial charge in [-0.2, -0.15) is 0 Å². The molecule has 2 heterocycles. The van der Waals surface area contributed by atoms with Crippen LogP contribution in [-0.4, -0.2) is 43.8 Å². The molecule has 0 aromatic rings. The average Bonchev–Trinajstić information content (AvgIpc) is 2.49. The van der Waals surface area contributed by atoms with E-state index in [1.807, 2.05) is 0 Å². The maximum atomic E-state index is 11.0. The zero-order valence-corrected chi connectivity index (χ0v) is 8.67. The van der Waals surface area contributed by atoms with E-state index in [2.05, 4.69) is 20.8 Å². The van der Waals surface area contributed by atoms with Crippen LogP contribution in [0.25, 0.3) is 0 Å². The van der Waals surface area contributed by atoms with Gasteiger partial charge in [-0.1, -0.05) is 0 Å². The minimum atomic E-state index is -0.263. The van der Waals surface area contributed by atoms with Crippen LogP contribution in [0.4, 0.5) is 0 Å². The van der Waals surface area contributed by atoms with Crippen LogP contribution in [0, 0.1) is 0 Å². The van der Waals surface area contributed by atoms with Crippen LogP contribution in [0.15, 0.2) is 10.2 Å². The Morgan fingerprint density at radius 3 is 2.54 bits per heavy atom. The van der Waals surface area contributed by atoms with E-state index in [0.717, 1.165) is 32.0 Å². The van der Waals surface area contributed by atoms with Crippen molar-refractivity contribution in [3.05, 3.63) is 10.2 Å². The highest BCUT2D eigenvalue weighted by Gasteiger charge is 2.27. The van der Waals surface area contributed by atoms with Crippen molar-refractivity contribution in [3.8, 4) is 0 Å². The van der Waals surface area contributed by atoms with Gasteiger partial charge in [-0.25, -0.2) is 4.79 Å². The molecule has 13 heavy (non-hydrogen) atoms. The summed E-state index contributed by atoms with van der Waals surface area (Å²) in [6, 6.07) is 0. The second kappa shape index (κ2) is 3.67. The maximum absolute atomic E-state index is 11.0. The van der Waals surface area contributed by atoms with Gasteiger partial charge < -0.3 is 14.4 Å². The van der Waals surface area contributed by atoms with Crippen LogP contribution in [0.3, 0.4) is 0 Å². The standard InChI is InChI=1S/C8H10BrNO3/c9-7-6(5-13-8(7)11)10-1-3-12-4-2-10/h1-5H2. The molecule has 0 atom stereocenters. The van der Waals surface area contributed by atoms with Crippen LogP contribution in [0.1, 0.15) is 0 Å². The van der Waals surface area contributed by atoms with Crippen molar-refractivity contribution in [3.63, 3.8) is 0 Å². The topological polar surface area (TPSA) is 38.8 Å². The first-order chi connectivity index (χ1) is 6.29. The van der Waals surface area contributed by atoms with E-state index in [1.165, 1.54) is 0 Å². The highest BCUT2D eigenvalue weighted by atomic mass is 79.9. The Kier molecular flexibility index (Phi) is 2.55. The fraction of sp³-hybridized carbons (Fsp3) is 0.625. The van der Waals surface area contributed by atoms with Gasteiger partial charge in [0.25, 0.3) is 0 Å². The lowest BCUT2D eigenvalue weighted by molar-refractivity contribution is -0.135. The molecule has 2 aliphatic heterocycles. The van der Waals surface area contributed by atoms with E-state index in [0.29, 0.717) is 11.1 Å². The van der Waals surface area contributed by atoms with E-state index in [9.17, 15) is 4.79 Å². The first kappa shape index (κ1) is 9.02. The molecule has 0 amide bonds. The number of halogens is 1. The first-order valence-electron chi connectivity index (χ1n) is 4.17. The summed E-state index contributed by atoms with van der Waals surface area (Å²) in [5.41, 5.74) is 0.952. The molecule has 1 saturated heterocycles. The number of hydrogen-bond donors (Lipinski definition) is 0. The van der Waals surface area contributed by atoms with Gasteiger partial charge in [0.2, 0.25) is 0 Å². The molecule has 2 rings (SSSR count). The van der Waals surface area contributed by atoms with Gasteiger partial charge in [-0.05, 0) is 15.9 Å². The first-order valence-corrected chi connectivity index (χ1v) is 4.97. The smallest absolute Gasteiger partial charge is 0.347 e. The largest absolute Gasteiger partial charge is 0.455 e. The van der Waals surface area contributed by atoms with Gasteiger partial charge in [-0.15, -0.1) is 0 Å². The second-order valence-corrected chi connectivity index (χ2v) is 3.73. The van der Waals surface area contributed by atoms with Gasteiger partial charge in [0.1, 0.15) is 11.1 Å². The number of rotatable bonds is 1. The van der Waals surface area contributed by atoms with Crippen molar-refractivity contribution in [1.82, 2.24) is 4.90 Å². The Morgan fingerprint density at radius 1 is 1.31 bits per heavy atom. The number of hydrogen-bond acceptors (Lipinski definition) is 4.